The summed E-state index contributed by atoms with van der Waals surface area (Å²) in [6.07, 6.45) is 15.6. The Morgan fingerprint density at radius 1 is 0.923 bits per heavy atom. The van der Waals surface area contributed by atoms with Gasteiger partial charge in [0.05, 0.1) is 12.7 Å². The molecule has 1 heterocycles. The highest BCUT2D eigenvalue weighted by molar-refractivity contribution is 5.48. The molecule has 0 aliphatic heterocycles. The van der Waals surface area contributed by atoms with Gasteiger partial charge < -0.3 is 13.9 Å². The van der Waals surface area contributed by atoms with Crippen LogP contribution in [0.1, 0.15) is 95.3 Å². The van der Waals surface area contributed by atoms with E-state index in [-0.39, 0.29) is 5.63 Å². The van der Waals surface area contributed by atoms with Gasteiger partial charge in [-0.1, -0.05) is 58.3 Å². The third-order valence-corrected chi connectivity index (χ3v) is 4.81. The van der Waals surface area contributed by atoms with Crippen molar-refractivity contribution < 1.29 is 13.9 Å². The van der Waals surface area contributed by atoms with Crippen LogP contribution in [-0.2, 0) is 17.6 Å². The van der Waals surface area contributed by atoms with Gasteiger partial charge >= 0.3 is 5.63 Å². The number of aryl methyl sites for hydroxylation is 1. The summed E-state index contributed by atoms with van der Waals surface area (Å²) in [4.78, 5) is 22.6. The Morgan fingerprint density at radius 2 is 1.54 bits per heavy atom. The van der Waals surface area contributed by atoms with Crippen molar-refractivity contribution in [2.75, 3.05) is 7.11 Å². The fourth-order valence-electron chi connectivity index (χ4n) is 3.21. The maximum Gasteiger partial charge on any atom is 0.342 e. The molecule has 0 N–H and O–H groups in total. The van der Waals surface area contributed by atoms with Gasteiger partial charge in [-0.2, -0.15) is 0 Å². The molecule has 148 valence electrons. The number of hydrogen-bond donors (Lipinski definition) is 0. The Bertz CT molecular complexity index is 548. The molecule has 0 aliphatic rings. The fourth-order valence-corrected chi connectivity index (χ4v) is 3.21. The molecule has 0 unspecified atom stereocenters. The third kappa shape index (κ3) is 9.21. The van der Waals surface area contributed by atoms with E-state index in [2.05, 4.69) is 6.92 Å². The van der Waals surface area contributed by atoms with Gasteiger partial charge in [-0.15, -0.1) is 0 Å². The first-order valence-electron chi connectivity index (χ1n) is 10.4. The van der Waals surface area contributed by atoms with Crippen LogP contribution in [0.2, 0.25) is 0 Å². The average Bonchev–Trinajstić information content (AvgIpc) is 2.64. The van der Waals surface area contributed by atoms with Crippen LogP contribution in [0.4, 0.5) is 0 Å². The molecule has 1 aromatic rings. The summed E-state index contributed by atoms with van der Waals surface area (Å²) in [5.41, 5.74) is 0.415. The number of aldehydes is 1. The number of ether oxygens (including phenoxy) is 1. The van der Waals surface area contributed by atoms with Gasteiger partial charge in [0.1, 0.15) is 17.8 Å². The van der Waals surface area contributed by atoms with Gasteiger partial charge in [-0.25, -0.2) is 4.79 Å². The van der Waals surface area contributed by atoms with E-state index in [1.54, 1.807) is 7.11 Å². The number of hydrogen-bond acceptors (Lipinski definition) is 4. The van der Waals surface area contributed by atoms with Crippen molar-refractivity contribution in [2.45, 2.75) is 96.8 Å². The molecule has 0 atom stereocenters. The zero-order valence-electron chi connectivity index (χ0n) is 16.7. The second-order valence-electron chi connectivity index (χ2n) is 7.04. The summed E-state index contributed by atoms with van der Waals surface area (Å²) >= 11 is 0. The van der Waals surface area contributed by atoms with Crippen LogP contribution in [0.3, 0.4) is 0 Å². The molecule has 26 heavy (non-hydrogen) atoms. The molecule has 0 aromatic carbocycles. The summed E-state index contributed by atoms with van der Waals surface area (Å²) in [6.45, 7) is 2.22. The largest absolute Gasteiger partial charge is 0.496 e. The molecule has 4 heteroatoms. The first-order valence-corrected chi connectivity index (χ1v) is 10.4. The third-order valence-electron chi connectivity index (χ3n) is 4.81. The minimum absolute atomic E-state index is 0.244. The quantitative estimate of drug-likeness (QED) is 0.282. The maximum absolute atomic E-state index is 12.3. The van der Waals surface area contributed by atoms with Crippen molar-refractivity contribution in [3.05, 3.63) is 27.8 Å². The SMILES string of the molecule is CCCCCCCCc1cc(OC)c(CCCCCCCC=O)c(=O)o1. The molecule has 0 radical (unpaired) electrons. The molecular formula is C22H36O4. The van der Waals surface area contributed by atoms with Crippen LogP contribution in [0.15, 0.2) is 15.3 Å². The summed E-state index contributed by atoms with van der Waals surface area (Å²) in [5.74, 6) is 1.41. The zero-order valence-corrected chi connectivity index (χ0v) is 16.7. The lowest BCUT2D eigenvalue weighted by atomic mass is 10.0. The molecule has 0 fully saturated rings. The van der Waals surface area contributed by atoms with E-state index in [1.165, 1.54) is 32.1 Å². The van der Waals surface area contributed by atoms with E-state index < -0.39 is 0 Å². The van der Waals surface area contributed by atoms with Gasteiger partial charge in [0.25, 0.3) is 0 Å². The molecule has 4 nitrogen and oxygen atoms in total. The summed E-state index contributed by atoms with van der Waals surface area (Å²) in [7, 11) is 1.62. The van der Waals surface area contributed by atoms with Crippen LogP contribution in [0.25, 0.3) is 0 Å². The summed E-state index contributed by atoms with van der Waals surface area (Å²) < 4.78 is 11.0. The standard InChI is InChI=1S/C22H36O4/c1-3-4-5-6-9-12-15-19-18-21(25-2)20(22(24)26-19)16-13-10-7-8-11-14-17-23/h17-18H,3-16H2,1-2H3. The van der Waals surface area contributed by atoms with Crippen molar-refractivity contribution in [1.29, 1.82) is 0 Å². The van der Waals surface area contributed by atoms with Crippen molar-refractivity contribution in [3.8, 4) is 5.75 Å². The fraction of sp³-hybridized carbons (Fsp3) is 0.727. The van der Waals surface area contributed by atoms with Gasteiger partial charge in [-0.05, 0) is 25.7 Å². The molecule has 0 saturated heterocycles. The van der Waals surface area contributed by atoms with E-state index in [0.717, 1.165) is 57.0 Å². The van der Waals surface area contributed by atoms with E-state index in [9.17, 15) is 9.59 Å². The van der Waals surface area contributed by atoms with Gasteiger partial charge in [0.2, 0.25) is 0 Å². The van der Waals surface area contributed by atoms with Crippen molar-refractivity contribution in [3.63, 3.8) is 0 Å². The highest BCUT2D eigenvalue weighted by Crippen LogP contribution is 2.21. The Labute approximate surface area is 158 Å². The smallest absolute Gasteiger partial charge is 0.342 e. The Balaban J connectivity index is 2.42. The number of rotatable bonds is 16. The minimum atomic E-state index is -0.244. The van der Waals surface area contributed by atoms with E-state index >= 15 is 0 Å². The van der Waals surface area contributed by atoms with E-state index in [1.807, 2.05) is 6.07 Å². The number of carbonyl (C=O) groups is 1. The minimum Gasteiger partial charge on any atom is -0.496 e. The van der Waals surface area contributed by atoms with Crippen LogP contribution < -0.4 is 10.4 Å². The van der Waals surface area contributed by atoms with Crippen molar-refractivity contribution in [1.82, 2.24) is 0 Å². The monoisotopic (exact) mass is 364 g/mol. The lowest BCUT2D eigenvalue weighted by Crippen LogP contribution is -2.11. The first kappa shape index (κ1) is 22.5. The lowest BCUT2D eigenvalue weighted by Gasteiger charge is -2.09. The second kappa shape index (κ2) is 14.6. The second-order valence-corrected chi connectivity index (χ2v) is 7.04. The average molecular weight is 365 g/mol. The summed E-state index contributed by atoms with van der Waals surface area (Å²) in [5, 5.41) is 0. The normalized spacial score (nSPS) is 10.8. The van der Waals surface area contributed by atoms with Crippen molar-refractivity contribution >= 4 is 6.29 Å². The molecule has 0 spiro atoms. The Hall–Kier alpha value is -1.58. The Morgan fingerprint density at radius 3 is 2.19 bits per heavy atom. The maximum atomic E-state index is 12.3. The van der Waals surface area contributed by atoms with Crippen LogP contribution in [0, 0.1) is 0 Å². The lowest BCUT2D eigenvalue weighted by molar-refractivity contribution is -0.107. The Kier molecular flexibility index (Phi) is 12.6. The van der Waals surface area contributed by atoms with E-state index in [4.69, 9.17) is 9.15 Å². The molecule has 1 aromatic heterocycles. The number of unbranched alkanes of at least 4 members (excludes halogenated alkanes) is 10. The molecular weight excluding hydrogens is 328 g/mol. The van der Waals surface area contributed by atoms with E-state index in [0.29, 0.717) is 24.2 Å². The molecule has 1 rings (SSSR count). The van der Waals surface area contributed by atoms with Crippen LogP contribution in [0.5, 0.6) is 5.75 Å². The zero-order chi connectivity index (χ0) is 19.0. The molecule has 0 bridgehead atoms. The highest BCUT2D eigenvalue weighted by Gasteiger charge is 2.12. The van der Waals surface area contributed by atoms with Gasteiger partial charge in [-0.3, -0.25) is 0 Å². The molecule has 0 saturated carbocycles. The van der Waals surface area contributed by atoms with Gasteiger partial charge in [0.15, 0.2) is 0 Å². The van der Waals surface area contributed by atoms with Crippen molar-refractivity contribution in [2.24, 2.45) is 0 Å². The number of methoxy groups -OCH3 is 1. The summed E-state index contributed by atoms with van der Waals surface area (Å²) in [6, 6.07) is 1.90. The molecule has 0 aliphatic carbocycles. The molecule has 0 amide bonds. The highest BCUT2D eigenvalue weighted by atomic mass is 16.5. The van der Waals surface area contributed by atoms with Gasteiger partial charge in [0, 0.05) is 18.9 Å². The predicted molar refractivity (Wildman–Crippen MR) is 106 cm³/mol. The first-order chi connectivity index (χ1) is 12.7. The van der Waals surface area contributed by atoms with Crippen LogP contribution >= 0.6 is 0 Å². The number of carbonyl (C=O) groups excluding carboxylic acids is 1. The predicted octanol–water partition coefficient (Wildman–Crippen LogP) is 5.63. The van der Waals surface area contributed by atoms with Crippen LogP contribution in [-0.4, -0.2) is 13.4 Å². The topological polar surface area (TPSA) is 56.5 Å².